The Labute approximate surface area is 331 Å². The molecule has 0 aliphatic carbocycles. The number of rotatable bonds is 10. The fourth-order valence-electron chi connectivity index (χ4n) is 5.26. The summed E-state index contributed by atoms with van der Waals surface area (Å²) in [6.45, 7) is -0.335. The summed E-state index contributed by atoms with van der Waals surface area (Å²) in [6, 6.07) is 7.94. The molecule has 0 radical (unpaired) electrons. The molecule has 0 bridgehead atoms. The van der Waals surface area contributed by atoms with Crippen molar-refractivity contribution < 1.29 is 136 Å². The predicted octanol–water partition coefficient (Wildman–Crippen LogP) is -8.83. The molecule has 2 fully saturated rings. The van der Waals surface area contributed by atoms with E-state index in [1.54, 1.807) is 0 Å². The van der Waals surface area contributed by atoms with E-state index in [0.717, 1.165) is 10.9 Å². The molecular formula is C25H29FN6Na2O15P2. The summed E-state index contributed by atoms with van der Waals surface area (Å²) >= 11 is 0. The first-order valence-electron chi connectivity index (χ1n) is 14.1. The number of ether oxygens (including phenoxy) is 2. The van der Waals surface area contributed by atoms with Crippen LogP contribution >= 0.6 is 15.6 Å². The second-order valence-electron chi connectivity index (χ2n) is 11.1. The smallest absolute Gasteiger partial charge is 0.756 e. The second kappa shape index (κ2) is 16.6. The van der Waals surface area contributed by atoms with Gasteiger partial charge in [-0.3, -0.25) is 23.6 Å². The topological polar surface area (TPSA) is 319 Å². The van der Waals surface area contributed by atoms with Gasteiger partial charge < -0.3 is 65.6 Å². The maximum atomic E-state index is 13.3. The van der Waals surface area contributed by atoms with Crippen LogP contribution in [0.25, 0.3) is 16.7 Å². The van der Waals surface area contributed by atoms with Crippen LogP contribution in [0.2, 0.25) is 0 Å². The number of aliphatic hydroxyl groups is 5. The third kappa shape index (κ3) is 9.34. The number of nitrogen functional groups attached to an aromatic ring is 1. The van der Waals surface area contributed by atoms with E-state index in [4.69, 9.17) is 15.2 Å². The molecule has 2 saturated heterocycles. The van der Waals surface area contributed by atoms with Crippen molar-refractivity contribution in [2.45, 2.75) is 55.4 Å². The van der Waals surface area contributed by atoms with E-state index in [-0.39, 0.29) is 88.1 Å². The molecule has 21 nitrogen and oxygen atoms in total. The number of fused-ring (bicyclic) bond motifs is 1. The van der Waals surface area contributed by atoms with E-state index < -0.39 is 76.9 Å². The van der Waals surface area contributed by atoms with Crippen LogP contribution in [0, 0.1) is 5.82 Å². The Morgan fingerprint density at radius 2 is 1.53 bits per heavy atom. The van der Waals surface area contributed by atoms with Crippen molar-refractivity contribution in [3.63, 3.8) is 0 Å². The zero-order valence-electron chi connectivity index (χ0n) is 26.6. The van der Waals surface area contributed by atoms with E-state index in [1.807, 2.05) is 0 Å². The van der Waals surface area contributed by atoms with Gasteiger partial charge >= 0.3 is 59.1 Å². The van der Waals surface area contributed by atoms with Crippen molar-refractivity contribution in [2.24, 2.45) is 0 Å². The SMILES string of the molecule is Nc1cc(O)c2ncn([C@@H]3O[C@H](OP(=O)([O-])OP(=O)([O-])O[C@H]4O[C@@H](CN5NC=C(c6ccc(F)cc6)N5)[C@@H](O)[C@@H](O)[C@@H]4O)[C@@H](O)[C@H]3O)c2c1.[Na+].[Na+]. The first kappa shape index (κ1) is 42.5. The standard InChI is InChI=1S/C25H31FN6O15P2.2Na/c26-11-3-1-10(2-4-11)13-7-29-32(30-13)8-16-18(34)19(35)21(37)24(43-16)45-48(39,40)47-49(41,42)46-25-22(38)20(36)23(44-25)31-9-28-17-14(31)5-12(27)6-15(17)33;;/h1-7,9,16,18-25,29-30,33-38H,8,27H2,(H,39,40)(H,41,42);;/q;2*+1/p-2/t16-,18+,19+,20+,21-,22-,23+,24+,25+;;/m0../s1. The molecule has 51 heavy (non-hydrogen) atoms. The Bertz CT molecular complexity index is 1830. The molecule has 3 aromatic rings. The van der Waals surface area contributed by atoms with Gasteiger partial charge in [0.15, 0.2) is 18.8 Å². The van der Waals surface area contributed by atoms with Crippen LogP contribution in [0.15, 0.2) is 48.9 Å². The van der Waals surface area contributed by atoms with Crippen LogP contribution in [0.3, 0.4) is 0 Å². The van der Waals surface area contributed by atoms with Crippen molar-refractivity contribution in [2.75, 3.05) is 12.3 Å². The number of benzene rings is 2. The van der Waals surface area contributed by atoms with Crippen molar-refractivity contribution in [1.29, 1.82) is 0 Å². The Morgan fingerprint density at radius 1 is 0.922 bits per heavy atom. The minimum absolute atomic E-state index is 0. The van der Waals surface area contributed by atoms with Crippen molar-refractivity contribution in [1.82, 2.24) is 25.5 Å². The number of hydrogen-bond acceptors (Lipinski definition) is 20. The Morgan fingerprint density at radius 3 is 2.18 bits per heavy atom. The maximum absolute atomic E-state index is 13.3. The maximum Gasteiger partial charge on any atom is 1.00 e. The van der Waals surface area contributed by atoms with E-state index >= 15 is 0 Å². The molecule has 2 unspecified atom stereocenters. The van der Waals surface area contributed by atoms with E-state index in [0.29, 0.717) is 11.3 Å². The van der Waals surface area contributed by atoms with Gasteiger partial charge in [0.2, 0.25) is 0 Å². The largest absolute Gasteiger partial charge is 1.00 e. The molecule has 268 valence electrons. The predicted molar refractivity (Wildman–Crippen MR) is 154 cm³/mol. The first-order chi connectivity index (χ1) is 23.0. The monoisotopic (exact) mass is 780 g/mol. The zero-order valence-corrected chi connectivity index (χ0v) is 32.4. The van der Waals surface area contributed by atoms with Gasteiger partial charge in [-0.15, -0.1) is 5.12 Å². The average Bonchev–Trinajstić information content (AvgIpc) is 3.73. The van der Waals surface area contributed by atoms with Crippen molar-refractivity contribution in [3.05, 3.63) is 60.3 Å². The number of hydrazine groups is 2. The number of anilines is 1. The molecule has 0 spiro atoms. The number of phenols is 1. The summed E-state index contributed by atoms with van der Waals surface area (Å²) in [5, 5.41) is 63.4. The first-order valence-corrected chi connectivity index (χ1v) is 17.1. The van der Waals surface area contributed by atoms with Gasteiger partial charge in [0.25, 0.3) is 15.6 Å². The molecule has 0 saturated carbocycles. The molecular weight excluding hydrogens is 751 g/mol. The number of phosphoric ester groups is 2. The number of imidazole rings is 1. The number of halogens is 1. The van der Waals surface area contributed by atoms with Crippen LogP contribution in [0.5, 0.6) is 5.75 Å². The quantitative estimate of drug-likeness (QED) is 0.0524. The number of aromatic hydroxyl groups is 1. The van der Waals surface area contributed by atoms with Gasteiger partial charge in [0.1, 0.15) is 53.7 Å². The molecule has 11 atom stereocenters. The Kier molecular flexibility index (Phi) is 13.8. The summed E-state index contributed by atoms with van der Waals surface area (Å²) in [5.74, 6) is -0.787. The minimum Gasteiger partial charge on any atom is -0.756 e. The summed E-state index contributed by atoms with van der Waals surface area (Å²) in [5.41, 5.74) is 12.6. The number of aliphatic hydroxyl groups excluding tert-OH is 5. The van der Waals surface area contributed by atoms with Gasteiger partial charge in [-0.1, -0.05) is 0 Å². The second-order valence-corrected chi connectivity index (χ2v) is 13.9. The molecule has 1 aromatic heterocycles. The van der Waals surface area contributed by atoms with Crippen molar-refractivity contribution in [3.8, 4) is 5.75 Å². The average molecular weight is 780 g/mol. The molecule has 4 heterocycles. The Balaban J connectivity index is 0.00000292. The molecule has 2 aromatic carbocycles. The van der Waals surface area contributed by atoms with Gasteiger partial charge in [0, 0.05) is 23.5 Å². The van der Waals surface area contributed by atoms with E-state index in [1.165, 1.54) is 47.7 Å². The number of nitrogens with two attached hydrogens (primary N) is 1. The number of nitrogens with one attached hydrogen (secondary N) is 2. The number of hydrogen-bond donors (Lipinski definition) is 9. The third-order valence-electron chi connectivity index (χ3n) is 7.62. The van der Waals surface area contributed by atoms with Gasteiger partial charge in [-0.05, 0) is 30.3 Å². The molecule has 6 rings (SSSR count). The summed E-state index contributed by atoms with van der Waals surface area (Å²) in [7, 11) is -12.1. The molecule has 26 heteroatoms. The van der Waals surface area contributed by atoms with Crippen LogP contribution in [0.1, 0.15) is 11.8 Å². The fraction of sp³-hybridized carbons (Fsp3) is 0.400. The zero-order chi connectivity index (χ0) is 35.4. The van der Waals surface area contributed by atoms with E-state index in [9.17, 15) is 53.9 Å². The van der Waals surface area contributed by atoms with Gasteiger partial charge in [0.05, 0.1) is 24.1 Å². The summed E-state index contributed by atoms with van der Waals surface area (Å²) in [6.07, 6.45) is -15.1. The molecule has 3 aliphatic heterocycles. The van der Waals surface area contributed by atoms with E-state index in [2.05, 4.69) is 29.2 Å². The van der Waals surface area contributed by atoms with Gasteiger partial charge in [-0.25, -0.2) is 13.7 Å². The van der Waals surface area contributed by atoms with Crippen LogP contribution in [-0.2, 0) is 32.0 Å². The number of aromatic nitrogens is 2. The number of phenolic OH excluding ortho intramolecular Hbond substituents is 1. The fourth-order valence-corrected chi connectivity index (χ4v) is 7.41. The van der Waals surface area contributed by atoms with Crippen LogP contribution in [-0.4, -0.2) is 101 Å². The summed E-state index contributed by atoms with van der Waals surface area (Å²) < 4.78 is 63.4. The number of phosphoric acid groups is 2. The number of nitrogens with zero attached hydrogens (tertiary/aromatic N) is 3. The minimum atomic E-state index is -6.05. The molecule has 10 N–H and O–H groups in total. The van der Waals surface area contributed by atoms with Gasteiger partial charge in [-0.2, -0.15) is 0 Å². The van der Waals surface area contributed by atoms with Crippen LogP contribution < -0.4 is 85.5 Å². The van der Waals surface area contributed by atoms with Crippen molar-refractivity contribution >= 4 is 38.1 Å². The normalized spacial score (nSPS) is 31.8. The molecule has 3 aliphatic rings. The third-order valence-corrected chi connectivity index (χ3v) is 10.2. The molecule has 0 amide bonds. The van der Waals surface area contributed by atoms with Crippen LogP contribution in [0.4, 0.5) is 10.1 Å². The Hall–Kier alpha value is -1.28. The summed E-state index contributed by atoms with van der Waals surface area (Å²) in [4.78, 5) is 29.2.